The molecule has 9 nitrogen and oxygen atoms in total. The molecule has 210 valence electrons. The van der Waals surface area contributed by atoms with Gasteiger partial charge in [-0.15, -0.1) is 0 Å². The Morgan fingerprint density at radius 2 is 0.657 bits per heavy atom. The number of rotatable bonds is 17. The Morgan fingerprint density at radius 1 is 0.400 bits per heavy atom. The van der Waals surface area contributed by atoms with Gasteiger partial charge in [-0.1, -0.05) is 103 Å². The van der Waals surface area contributed by atoms with Crippen molar-refractivity contribution in [2.24, 2.45) is 0 Å². The molecular weight excluding hydrogens is 456 g/mol. The molecule has 0 bridgehead atoms. The smallest absolute Gasteiger partial charge is 0.438 e. The van der Waals surface area contributed by atoms with Gasteiger partial charge in [0.15, 0.2) is 0 Å². The van der Waals surface area contributed by atoms with Gasteiger partial charge in [0.05, 0.1) is 42.2 Å². The van der Waals surface area contributed by atoms with E-state index < -0.39 is 18.5 Å². The highest BCUT2D eigenvalue weighted by molar-refractivity contribution is 5.59. The number of ether oxygens (including phenoxy) is 6. The van der Waals surface area contributed by atoms with E-state index in [-0.39, 0.29) is 0 Å². The van der Waals surface area contributed by atoms with Crippen molar-refractivity contribution in [3.63, 3.8) is 0 Å². The van der Waals surface area contributed by atoms with E-state index in [1.54, 1.807) is 0 Å². The first-order valence-electron chi connectivity index (χ1n) is 12.9. The van der Waals surface area contributed by atoms with Gasteiger partial charge < -0.3 is 28.4 Å². The number of hydrogen-bond acceptors (Lipinski definition) is 9. The maximum atomic E-state index is 10.7. The maximum absolute atomic E-state index is 10.7. The van der Waals surface area contributed by atoms with E-state index in [1.807, 2.05) is 0 Å². The quantitative estimate of drug-likeness (QED) is 0.110. The van der Waals surface area contributed by atoms with Crippen LogP contribution in [0.15, 0.2) is 0 Å². The average molecular weight is 509 g/mol. The van der Waals surface area contributed by atoms with E-state index >= 15 is 0 Å². The summed E-state index contributed by atoms with van der Waals surface area (Å²) in [5.41, 5.74) is 0. The molecule has 0 amide bonds. The molecule has 0 aromatic rings. The van der Waals surface area contributed by atoms with Crippen LogP contribution in [0.2, 0.25) is 0 Å². The fourth-order valence-electron chi connectivity index (χ4n) is 3.03. The lowest BCUT2D eigenvalue weighted by Crippen LogP contribution is -2.05. The second-order valence-corrected chi connectivity index (χ2v) is 7.92. The summed E-state index contributed by atoms with van der Waals surface area (Å²) >= 11 is 0. The summed E-state index contributed by atoms with van der Waals surface area (Å²) in [6.07, 6.45) is 19.7. The van der Waals surface area contributed by atoms with Gasteiger partial charge in [0.2, 0.25) is 0 Å². The molecule has 0 heterocycles. The molecule has 0 atom stereocenters. The summed E-state index contributed by atoms with van der Waals surface area (Å²) in [5, 5.41) is 0. The molecule has 0 aliphatic rings. The highest BCUT2D eigenvalue weighted by Crippen LogP contribution is 2.13. The first kappa shape index (κ1) is 37.4. The van der Waals surface area contributed by atoms with Crippen molar-refractivity contribution < 1.29 is 42.8 Å². The lowest BCUT2D eigenvalue weighted by Gasteiger charge is -2.04. The van der Waals surface area contributed by atoms with Crippen molar-refractivity contribution >= 4 is 18.5 Å². The molecule has 0 saturated carbocycles. The summed E-state index contributed by atoms with van der Waals surface area (Å²) in [5.74, 6) is 0. The fourth-order valence-corrected chi connectivity index (χ4v) is 3.03. The highest BCUT2D eigenvalue weighted by Gasteiger charge is 1.99. The van der Waals surface area contributed by atoms with Gasteiger partial charge in [-0.25, -0.2) is 14.4 Å². The Morgan fingerprint density at radius 3 is 0.886 bits per heavy atom. The predicted octanol–water partition coefficient (Wildman–Crippen LogP) is 7.83. The first-order chi connectivity index (χ1) is 16.9. The van der Waals surface area contributed by atoms with Crippen LogP contribution in [0.25, 0.3) is 0 Å². The number of hydrogen-bond donors (Lipinski definition) is 0. The Kier molecular flexibility index (Phi) is 36.3. The summed E-state index contributed by atoms with van der Waals surface area (Å²) in [7, 11) is 6.37. The van der Waals surface area contributed by atoms with Crippen molar-refractivity contribution in [1.29, 1.82) is 0 Å². The third-order valence-electron chi connectivity index (χ3n) is 5.05. The zero-order valence-electron chi connectivity index (χ0n) is 23.2. The molecule has 0 aliphatic carbocycles. The van der Waals surface area contributed by atoms with Crippen LogP contribution in [0.5, 0.6) is 0 Å². The monoisotopic (exact) mass is 508 g/mol. The minimum atomic E-state index is -0.657. The van der Waals surface area contributed by atoms with Gasteiger partial charge in [0, 0.05) is 0 Å². The molecule has 0 fully saturated rings. The maximum Gasteiger partial charge on any atom is 0.507 e. The molecule has 0 unspecified atom stereocenters. The van der Waals surface area contributed by atoms with Crippen LogP contribution in [0.4, 0.5) is 14.4 Å². The van der Waals surface area contributed by atoms with Crippen molar-refractivity contribution in [2.45, 2.75) is 110 Å². The van der Waals surface area contributed by atoms with E-state index in [1.165, 1.54) is 125 Å². The van der Waals surface area contributed by atoms with Crippen molar-refractivity contribution in [2.75, 3.05) is 42.2 Å². The molecule has 0 radical (unpaired) electrons. The summed E-state index contributed by atoms with van der Waals surface area (Å²) in [6.45, 7) is 2.77. The topological polar surface area (TPSA) is 107 Å². The first-order valence-corrected chi connectivity index (χ1v) is 12.9. The average Bonchev–Trinajstić information content (AvgIpc) is 2.89. The van der Waals surface area contributed by atoms with Crippen molar-refractivity contribution in [3.8, 4) is 0 Å². The number of carbonyl (C=O) groups excluding carboxylic acids is 3. The van der Waals surface area contributed by atoms with Gasteiger partial charge in [0.25, 0.3) is 0 Å². The van der Waals surface area contributed by atoms with Gasteiger partial charge in [0.1, 0.15) is 0 Å². The highest BCUT2D eigenvalue weighted by atomic mass is 16.7. The van der Waals surface area contributed by atoms with E-state index in [0.29, 0.717) is 6.61 Å². The lowest BCUT2D eigenvalue weighted by molar-refractivity contribution is 0.0712. The predicted molar refractivity (Wildman–Crippen MR) is 137 cm³/mol. The standard InChI is InChI=1S/C20H40O3.2C3H6O3/c1-3-4-5-6-7-8-9-10-11-12-13-14-15-16-17-18-19-23-20(21)22-2;2*1-5-3(4)6-2/h3-19H2,1-2H3;2*1-2H3. The van der Waals surface area contributed by atoms with Crippen LogP contribution in [0.3, 0.4) is 0 Å². The van der Waals surface area contributed by atoms with E-state index in [9.17, 15) is 14.4 Å². The SMILES string of the molecule is CCCCCCCCCCCCCCCCCCOC(=O)OC.COC(=O)OC.COC(=O)OC. The van der Waals surface area contributed by atoms with Crippen molar-refractivity contribution in [3.05, 3.63) is 0 Å². The van der Waals surface area contributed by atoms with E-state index in [0.717, 1.165) is 12.8 Å². The lowest BCUT2D eigenvalue weighted by atomic mass is 10.0. The Bertz CT molecular complexity index is 428. The van der Waals surface area contributed by atoms with Gasteiger partial charge in [-0.05, 0) is 6.42 Å². The third kappa shape index (κ3) is 39.3. The molecule has 9 heteroatoms. The second kappa shape index (κ2) is 34.0. The molecule has 0 rings (SSSR count). The molecule has 35 heavy (non-hydrogen) atoms. The minimum absolute atomic E-state index is 0.491. The summed E-state index contributed by atoms with van der Waals surface area (Å²) < 4.78 is 25.4. The van der Waals surface area contributed by atoms with Gasteiger partial charge >= 0.3 is 18.5 Å². The Labute approximate surface area is 213 Å². The van der Waals surface area contributed by atoms with Crippen LogP contribution >= 0.6 is 0 Å². The minimum Gasteiger partial charge on any atom is -0.438 e. The van der Waals surface area contributed by atoms with Crippen LogP contribution < -0.4 is 0 Å². The Balaban J connectivity index is -0.000000697. The fraction of sp³-hybridized carbons (Fsp3) is 0.885. The molecule has 0 saturated heterocycles. The van der Waals surface area contributed by atoms with Crippen LogP contribution in [-0.2, 0) is 28.4 Å². The van der Waals surface area contributed by atoms with Gasteiger partial charge in [-0.3, -0.25) is 0 Å². The van der Waals surface area contributed by atoms with E-state index in [2.05, 4.69) is 30.6 Å². The second-order valence-electron chi connectivity index (χ2n) is 7.92. The molecule has 0 spiro atoms. The summed E-state index contributed by atoms with van der Waals surface area (Å²) in [6, 6.07) is 0. The molecule has 0 N–H and O–H groups in total. The van der Waals surface area contributed by atoms with Crippen molar-refractivity contribution in [1.82, 2.24) is 0 Å². The molecule has 0 aliphatic heterocycles. The largest absolute Gasteiger partial charge is 0.507 e. The van der Waals surface area contributed by atoms with E-state index in [4.69, 9.17) is 4.74 Å². The molecule has 0 aromatic heterocycles. The number of methoxy groups -OCH3 is 5. The number of carbonyl (C=O) groups is 3. The van der Waals surface area contributed by atoms with Crippen LogP contribution in [0, 0.1) is 0 Å². The Hall–Kier alpha value is -2.19. The zero-order valence-corrected chi connectivity index (χ0v) is 23.2. The zero-order chi connectivity index (χ0) is 27.0. The third-order valence-corrected chi connectivity index (χ3v) is 5.05. The van der Waals surface area contributed by atoms with Gasteiger partial charge in [-0.2, -0.15) is 0 Å². The summed E-state index contributed by atoms with van der Waals surface area (Å²) in [4.78, 5) is 30.2. The van der Waals surface area contributed by atoms with Crippen LogP contribution in [0.1, 0.15) is 110 Å². The molecule has 0 aromatic carbocycles. The molecular formula is C26H52O9. The number of unbranched alkanes of at least 4 members (excludes halogenated alkanes) is 15. The van der Waals surface area contributed by atoms with Crippen LogP contribution in [-0.4, -0.2) is 60.6 Å². The normalized spacial score (nSPS) is 9.43.